The Morgan fingerprint density at radius 2 is 2.05 bits per heavy atom. The first-order chi connectivity index (χ1) is 9.65. The zero-order valence-electron chi connectivity index (χ0n) is 10.2. The highest BCUT2D eigenvalue weighted by Crippen LogP contribution is 2.27. The molecule has 0 aliphatic heterocycles. The van der Waals surface area contributed by atoms with Crippen molar-refractivity contribution in [1.82, 2.24) is 9.97 Å². The summed E-state index contributed by atoms with van der Waals surface area (Å²) in [6.45, 7) is 0.630. The van der Waals surface area contributed by atoms with E-state index >= 15 is 0 Å². The van der Waals surface area contributed by atoms with E-state index in [0.29, 0.717) is 12.1 Å². The number of nitrogens with zero attached hydrogens (tertiary/aromatic N) is 1. The number of halogens is 1. The first-order valence-corrected chi connectivity index (χ1v) is 7.46. The molecule has 0 saturated heterocycles. The van der Waals surface area contributed by atoms with Gasteiger partial charge in [-0.15, -0.1) is 11.3 Å². The number of anilines is 1. The lowest BCUT2D eigenvalue weighted by Crippen LogP contribution is -1.99. The molecule has 20 heavy (non-hydrogen) atoms. The van der Waals surface area contributed by atoms with E-state index in [2.05, 4.69) is 37.3 Å². The van der Waals surface area contributed by atoms with Gasteiger partial charge in [0.05, 0.1) is 22.3 Å². The number of hydrogen-bond donors (Lipinski definition) is 3. The third-order valence-corrected chi connectivity index (χ3v) is 4.43. The molecule has 0 radical (unpaired) electrons. The van der Waals surface area contributed by atoms with Crippen molar-refractivity contribution < 1.29 is 0 Å². The summed E-state index contributed by atoms with van der Waals surface area (Å²) >= 11 is 5.01. The van der Waals surface area contributed by atoms with Gasteiger partial charge in [0.2, 0.25) is 0 Å². The number of nitriles is 1. The highest BCUT2D eigenvalue weighted by molar-refractivity contribution is 9.10. The smallest absolute Gasteiger partial charge is 0.323 e. The van der Waals surface area contributed by atoms with Crippen molar-refractivity contribution in [2.24, 2.45) is 0 Å². The summed E-state index contributed by atoms with van der Waals surface area (Å²) in [7, 11) is 0. The number of rotatable bonds is 3. The molecule has 0 saturated carbocycles. The molecule has 0 amide bonds. The number of fused-ring (bicyclic) bond motifs is 1. The Bertz CT molecular complexity index is 870. The second-order valence-corrected chi connectivity index (χ2v) is 6.07. The van der Waals surface area contributed by atoms with Crippen LogP contribution in [0.4, 0.5) is 5.69 Å². The van der Waals surface area contributed by atoms with Gasteiger partial charge in [-0.25, -0.2) is 4.79 Å². The van der Waals surface area contributed by atoms with Gasteiger partial charge in [-0.3, -0.25) is 0 Å². The van der Waals surface area contributed by atoms with E-state index in [4.69, 9.17) is 5.26 Å². The van der Waals surface area contributed by atoms with Crippen LogP contribution < -0.4 is 11.0 Å². The van der Waals surface area contributed by atoms with E-state index in [9.17, 15) is 4.79 Å². The Kier molecular flexibility index (Phi) is 3.34. The van der Waals surface area contributed by atoms with Crippen molar-refractivity contribution in [1.29, 1.82) is 5.26 Å². The maximum Gasteiger partial charge on any atom is 0.323 e. The molecule has 3 aromatic rings. The van der Waals surface area contributed by atoms with E-state index < -0.39 is 0 Å². The molecule has 0 unspecified atom stereocenters. The summed E-state index contributed by atoms with van der Waals surface area (Å²) in [6, 6.07) is 7.70. The van der Waals surface area contributed by atoms with Gasteiger partial charge in [0.15, 0.2) is 0 Å². The minimum atomic E-state index is -0.221. The van der Waals surface area contributed by atoms with E-state index in [1.807, 2.05) is 23.6 Å². The topological polar surface area (TPSA) is 84.5 Å². The molecule has 100 valence electrons. The predicted octanol–water partition coefficient (Wildman–Crippen LogP) is 3.16. The molecule has 1 aromatic carbocycles. The molecule has 2 aromatic heterocycles. The number of H-pyrrole nitrogens is 2. The summed E-state index contributed by atoms with van der Waals surface area (Å²) in [6.07, 6.45) is 0. The van der Waals surface area contributed by atoms with Crippen LogP contribution in [0.2, 0.25) is 0 Å². The summed E-state index contributed by atoms with van der Waals surface area (Å²) < 4.78 is 0.873. The minimum Gasteiger partial charge on any atom is -0.379 e. The molecule has 0 fully saturated rings. The summed E-state index contributed by atoms with van der Waals surface area (Å²) in [5.41, 5.74) is 2.86. The molecule has 3 N–H and O–H groups in total. The molecule has 0 bridgehead atoms. The largest absolute Gasteiger partial charge is 0.379 e. The Hall–Kier alpha value is -2.04. The zero-order chi connectivity index (χ0) is 14.1. The fourth-order valence-electron chi connectivity index (χ4n) is 1.91. The third-order valence-electron chi connectivity index (χ3n) is 2.84. The standard InChI is InChI=1S/C13H9BrN4OS/c14-9-2-11-12(18-13(19)17-11)3-10(9)16-5-8-1-7(4-15)6-20-8/h1-3,6,16H,5H2,(H2,17,18,19). The molecule has 7 heteroatoms. The second-order valence-electron chi connectivity index (χ2n) is 4.22. The predicted molar refractivity (Wildman–Crippen MR) is 83.0 cm³/mol. The normalized spacial score (nSPS) is 10.6. The quantitative estimate of drug-likeness (QED) is 0.679. The van der Waals surface area contributed by atoms with Crippen molar-refractivity contribution in [2.45, 2.75) is 6.54 Å². The van der Waals surface area contributed by atoms with Crippen molar-refractivity contribution in [3.63, 3.8) is 0 Å². The highest BCUT2D eigenvalue weighted by Gasteiger charge is 2.06. The van der Waals surface area contributed by atoms with Gasteiger partial charge in [0, 0.05) is 21.3 Å². The van der Waals surface area contributed by atoms with Crippen LogP contribution >= 0.6 is 27.3 Å². The Morgan fingerprint density at radius 1 is 1.30 bits per heavy atom. The Morgan fingerprint density at radius 3 is 2.75 bits per heavy atom. The van der Waals surface area contributed by atoms with E-state index in [1.54, 1.807) is 11.3 Å². The molecule has 3 rings (SSSR count). The lowest BCUT2D eigenvalue weighted by molar-refractivity contribution is 1.19. The lowest BCUT2D eigenvalue weighted by Gasteiger charge is -2.07. The summed E-state index contributed by atoms with van der Waals surface area (Å²) in [5.74, 6) is 0. The molecule has 0 aliphatic carbocycles. The first kappa shape index (κ1) is 13.0. The number of benzene rings is 1. The molecule has 2 heterocycles. The van der Waals surface area contributed by atoms with E-state index in [0.717, 1.165) is 26.1 Å². The molecular formula is C13H9BrN4OS. The van der Waals surface area contributed by atoms with E-state index in [1.165, 1.54) is 0 Å². The number of hydrogen-bond acceptors (Lipinski definition) is 4. The third kappa shape index (κ3) is 2.48. The average molecular weight is 349 g/mol. The van der Waals surface area contributed by atoms with Crippen LogP contribution in [0.25, 0.3) is 11.0 Å². The maximum atomic E-state index is 11.3. The van der Waals surface area contributed by atoms with Crippen molar-refractivity contribution in [3.05, 3.63) is 49.0 Å². The van der Waals surface area contributed by atoms with E-state index in [-0.39, 0.29) is 5.69 Å². The van der Waals surface area contributed by atoms with Crippen LogP contribution in [0, 0.1) is 11.3 Å². The molecular weight excluding hydrogens is 340 g/mol. The van der Waals surface area contributed by atoms with Crippen molar-refractivity contribution in [3.8, 4) is 6.07 Å². The number of nitrogens with one attached hydrogen (secondary N) is 3. The Labute approximate surface area is 126 Å². The van der Waals surface area contributed by atoms with Crippen molar-refractivity contribution >= 4 is 44.0 Å². The van der Waals surface area contributed by atoms with Crippen LogP contribution in [0.5, 0.6) is 0 Å². The van der Waals surface area contributed by atoms with Gasteiger partial charge < -0.3 is 15.3 Å². The number of thiophene rings is 1. The van der Waals surface area contributed by atoms with Crippen LogP contribution in [0.1, 0.15) is 10.4 Å². The average Bonchev–Trinajstić information content (AvgIpc) is 3.01. The highest BCUT2D eigenvalue weighted by atomic mass is 79.9. The zero-order valence-corrected chi connectivity index (χ0v) is 12.6. The van der Waals surface area contributed by atoms with Gasteiger partial charge in [-0.1, -0.05) is 0 Å². The fourth-order valence-corrected chi connectivity index (χ4v) is 3.14. The van der Waals surface area contributed by atoms with Crippen LogP contribution in [0.15, 0.2) is 32.8 Å². The minimum absolute atomic E-state index is 0.221. The first-order valence-electron chi connectivity index (χ1n) is 5.78. The van der Waals surface area contributed by atoms with Crippen LogP contribution in [-0.4, -0.2) is 9.97 Å². The van der Waals surface area contributed by atoms with Crippen LogP contribution in [0.3, 0.4) is 0 Å². The number of aromatic amines is 2. The van der Waals surface area contributed by atoms with Gasteiger partial charge in [-0.05, 0) is 34.1 Å². The molecule has 0 aliphatic rings. The second kappa shape index (κ2) is 5.15. The van der Waals surface area contributed by atoms with Gasteiger partial charge in [-0.2, -0.15) is 5.26 Å². The van der Waals surface area contributed by atoms with Gasteiger partial charge >= 0.3 is 5.69 Å². The summed E-state index contributed by atoms with van der Waals surface area (Å²) in [5, 5.41) is 13.9. The van der Waals surface area contributed by atoms with Crippen LogP contribution in [-0.2, 0) is 6.54 Å². The van der Waals surface area contributed by atoms with Crippen molar-refractivity contribution in [2.75, 3.05) is 5.32 Å². The molecule has 0 spiro atoms. The van der Waals surface area contributed by atoms with Gasteiger partial charge in [0.25, 0.3) is 0 Å². The van der Waals surface area contributed by atoms with Gasteiger partial charge in [0.1, 0.15) is 6.07 Å². The molecule has 5 nitrogen and oxygen atoms in total. The lowest BCUT2D eigenvalue weighted by atomic mass is 10.2. The SMILES string of the molecule is N#Cc1csc(CNc2cc3[nH]c(=O)[nH]c3cc2Br)c1. The number of aromatic nitrogens is 2. The maximum absolute atomic E-state index is 11.3. The summed E-state index contributed by atoms with van der Waals surface area (Å²) in [4.78, 5) is 17.8. The fraction of sp³-hybridized carbons (Fsp3) is 0.0769. The number of imidazole rings is 1. The monoisotopic (exact) mass is 348 g/mol. The molecule has 0 atom stereocenters. The Balaban J connectivity index is 1.85.